The van der Waals surface area contributed by atoms with Gasteiger partial charge in [0.2, 0.25) is 0 Å². The number of carbonyl (C=O) groups excluding carboxylic acids is 5. The number of esters is 4. The average molecular weight is 943 g/mol. The maximum atomic E-state index is 12.0. The summed E-state index contributed by atoms with van der Waals surface area (Å²) in [6.07, 6.45) is 4.55. The van der Waals surface area contributed by atoms with Crippen LogP contribution in [0.15, 0.2) is 11.3 Å². The second-order valence-electron chi connectivity index (χ2n) is 9.89. The van der Waals surface area contributed by atoms with Crippen molar-refractivity contribution >= 4 is 60.0 Å². The summed E-state index contributed by atoms with van der Waals surface area (Å²) < 4.78 is 189. The molecule has 0 radical (unpaired) electrons. The van der Waals surface area contributed by atoms with Crippen molar-refractivity contribution in [3.63, 3.8) is 0 Å². The predicted molar refractivity (Wildman–Crippen MR) is 170 cm³/mol. The number of rotatable bonds is 11. The molecule has 1 fully saturated rings. The van der Waals surface area contributed by atoms with Gasteiger partial charge in [0.25, 0.3) is 0 Å². The van der Waals surface area contributed by atoms with Crippen molar-refractivity contribution in [2.45, 2.75) is 88.2 Å². The van der Waals surface area contributed by atoms with E-state index >= 15 is 0 Å². The van der Waals surface area contributed by atoms with E-state index in [-0.39, 0.29) is 79.1 Å². The van der Waals surface area contributed by atoms with Crippen molar-refractivity contribution in [1.29, 1.82) is 0 Å². The molecule has 0 aromatic carbocycles. The number of ether oxygens (including phenoxy) is 4. The van der Waals surface area contributed by atoms with Gasteiger partial charge in [-0.3, -0.25) is 19.2 Å². The van der Waals surface area contributed by atoms with Gasteiger partial charge in [-0.1, -0.05) is 7.43 Å². The molecule has 2 aliphatic carbocycles. The fraction of sp³-hybridized carbons (Fsp3) is 0.741. The van der Waals surface area contributed by atoms with Crippen molar-refractivity contribution in [2.24, 2.45) is 5.92 Å². The number of methoxy groups -OCH3 is 4. The van der Waals surface area contributed by atoms with E-state index in [0.29, 0.717) is 44.9 Å². The Labute approximate surface area is 349 Å². The fourth-order valence-corrected chi connectivity index (χ4v) is 5.58. The van der Waals surface area contributed by atoms with E-state index < -0.39 is 64.5 Å². The number of ketones is 1. The molecule has 0 aromatic rings. The topological polar surface area (TPSA) is 266 Å². The summed E-state index contributed by atoms with van der Waals surface area (Å²) in [7, 11) is -13.6. The molecule has 338 valence electrons. The first-order valence-electron chi connectivity index (χ1n) is 14.6. The molecule has 2 aliphatic rings. The number of Topliss-reactive ketones (excluding diaryl/α,β-unsaturated/α-hetero) is 1. The van der Waals surface area contributed by atoms with Gasteiger partial charge in [-0.15, -0.1) is 3.63 Å². The molecule has 0 amide bonds. The maximum Gasteiger partial charge on any atom is 1.00 e. The van der Waals surface area contributed by atoms with Gasteiger partial charge in [0.1, 0.15) is 17.5 Å². The van der Waals surface area contributed by atoms with Gasteiger partial charge in [-0.25, -0.2) is 4.79 Å². The summed E-state index contributed by atoms with van der Waals surface area (Å²) in [5.74, 6) is -2.64. The number of allylic oxidation sites excluding steroid dienone is 1. The first-order valence-corrected chi connectivity index (χ1v) is 18.9. The van der Waals surface area contributed by atoms with E-state index in [1.54, 1.807) is 0 Å². The molecule has 1 unspecified atom stereocenters. The van der Waals surface area contributed by atoms with Gasteiger partial charge < -0.3 is 28.2 Å². The molecule has 2 rings (SSSR count). The third-order valence-electron chi connectivity index (χ3n) is 6.10. The van der Waals surface area contributed by atoms with Gasteiger partial charge in [-0.2, -0.15) is 71.9 Å². The van der Waals surface area contributed by atoms with Crippen LogP contribution in [0.5, 0.6) is 0 Å². The van der Waals surface area contributed by atoms with Gasteiger partial charge in [0.05, 0.1) is 34.0 Å². The largest absolute Gasteiger partial charge is 1.00 e. The summed E-state index contributed by atoms with van der Waals surface area (Å²) in [5.41, 5.74) is -18.2. The smallest absolute Gasteiger partial charge is 0.857 e. The van der Waals surface area contributed by atoms with Crippen LogP contribution in [0, 0.1) is 5.92 Å². The van der Waals surface area contributed by atoms with Crippen LogP contribution in [-0.2, 0) is 81.1 Å². The van der Waals surface area contributed by atoms with E-state index in [9.17, 15) is 88.7 Å². The van der Waals surface area contributed by atoms with E-state index in [1.165, 1.54) is 21.3 Å². The minimum Gasteiger partial charge on any atom is -0.857 e. The van der Waals surface area contributed by atoms with Crippen molar-refractivity contribution < 1.29 is 150 Å². The second-order valence-corrected chi connectivity index (χ2v) is 14.7. The summed E-state index contributed by atoms with van der Waals surface area (Å²) in [6.45, 7) is 0. The molecule has 0 saturated heterocycles. The zero-order chi connectivity index (χ0) is 44.9. The zero-order valence-corrected chi connectivity index (χ0v) is 35.1. The van der Waals surface area contributed by atoms with Crippen molar-refractivity contribution in [3.05, 3.63) is 11.3 Å². The van der Waals surface area contributed by atoms with Crippen LogP contribution in [0.3, 0.4) is 0 Å². The first-order chi connectivity index (χ1) is 25.3. The third kappa shape index (κ3) is 23.7. The number of hydrogen-bond donors (Lipinski definition) is 0. The third-order valence-corrected chi connectivity index (χ3v) is 9.65. The standard InChI is InChI=1S/C8H9F3O5S.C8H14O4.C7H10O3.C2F6O5S2.CH3O.CH4.Na/c1-15-7(12)5-3-2-4-6(5)16-17(13,14)8(9,10)11;1-11-7(9)5-3-4-6-8(10)12-2;1-10-7(9)5-3-2-4-6(5)8;3-1(4,5)14(9,10)13-15(11,12)2(6,7)8;1-2;;/h2-4H2,1H3;3-6H2,1-2H3;5H,2-4H2,1H3;;1H3;1H4;/q;;;;-1;;+1. The summed E-state index contributed by atoms with van der Waals surface area (Å²) in [6, 6.07) is 0. The Bertz CT molecular complexity index is 1620. The van der Waals surface area contributed by atoms with E-state index in [4.69, 9.17) is 5.11 Å². The Kier molecular flexibility index (Phi) is 31.8. The molecule has 58 heavy (non-hydrogen) atoms. The monoisotopic (exact) mass is 942 g/mol. The molecule has 31 heteroatoms. The molecule has 0 aliphatic heterocycles. The Morgan fingerprint density at radius 2 is 1.03 bits per heavy atom. The predicted octanol–water partition coefficient (Wildman–Crippen LogP) is 0.204. The summed E-state index contributed by atoms with van der Waals surface area (Å²) in [5, 5.41) is 8.25. The van der Waals surface area contributed by atoms with Gasteiger partial charge in [0.15, 0.2) is 0 Å². The number of halogens is 9. The molecular formula is C27H40F9NaO18S3. The van der Waals surface area contributed by atoms with Crippen LogP contribution in [0.1, 0.15) is 71.6 Å². The van der Waals surface area contributed by atoms with Crippen molar-refractivity contribution in [3.8, 4) is 0 Å². The number of unbranched alkanes of at least 4 members (excludes halogenated alkanes) is 1. The van der Waals surface area contributed by atoms with Crippen LogP contribution in [-0.4, -0.2) is 107 Å². The molecule has 0 N–H and O–H groups in total. The average Bonchev–Trinajstić information content (AvgIpc) is 3.73. The molecular weight excluding hydrogens is 902 g/mol. The summed E-state index contributed by atoms with van der Waals surface area (Å²) in [4.78, 5) is 54.0. The second kappa shape index (κ2) is 28.7. The van der Waals surface area contributed by atoms with E-state index in [2.05, 4.69) is 23.1 Å². The number of hydrogen-bond acceptors (Lipinski definition) is 18. The Morgan fingerprint density at radius 3 is 1.33 bits per heavy atom. The Hall–Kier alpha value is -2.77. The Balaban J connectivity index is -0.000000213. The quantitative estimate of drug-likeness (QED) is 0.0391. The summed E-state index contributed by atoms with van der Waals surface area (Å²) >= 11 is 0. The zero-order valence-electron chi connectivity index (χ0n) is 30.6. The SMILES string of the molecule is C.COC(=O)C1=C(OS(=O)(=O)C(F)(F)F)CCC1.COC(=O)C1CCCC1=O.COC(=O)CCCCC(=O)OC.C[O-].O=S(=O)(OS(=O)(=O)C(F)(F)F)C(F)(F)F.[Na+]. The molecule has 1 atom stereocenters. The van der Waals surface area contributed by atoms with E-state index in [1.807, 2.05) is 3.63 Å². The van der Waals surface area contributed by atoms with Crippen molar-refractivity contribution in [2.75, 3.05) is 35.5 Å². The minimum absolute atomic E-state index is 0. The molecule has 0 spiro atoms. The minimum atomic E-state index is -6.85. The fourth-order valence-electron chi connectivity index (χ4n) is 3.47. The van der Waals surface area contributed by atoms with Crippen LogP contribution >= 0.6 is 0 Å². The molecule has 0 aromatic heterocycles. The normalized spacial score (nSPS) is 15.3. The van der Waals surface area contributed by atoms with Gasteiger partial charge >= 0.3 is 100 Å². The molecule has 18 nitrogen and oxygen atoms in total. The van der Waals surface area contributed by atoms with Crippen molar-refractivity contribution in [1.82, 2.24) is 0 Å². The molecule has 0 bridgehead atoms. The number of alkyl halides is 9. The van der Waals surface area contributed by atoms with Crippen LogP contribution in [0.25, 0.3) is 0 Å². The van der Waals surface area contributed by atoms with Gasteiger partial charge in [-0.05, 0) is 38.5 Å². The van der Waals surface area contributed by atoms with Crippen LogP contribution in [0.2, 0.25) is 0 Å². The van der Waals surface area contributed by atoms with Crippen LogP contribution < -0.4 is 34.7 Å². The molecule has 1 saturated carbocycles. The molecule has 0 heterocycles. The van der Waals surface area contributed by atoms with Crippen LogP contribution in [0.4, 0.5) is 39.5 Å². The first kappa shape index (κ1) is 64.4. The van der Waals surface area contributed by atoms with Gasteiger partial charge in [0, 0.05) is 25.7 Å². The Morgan fingerprint density at radius 1 is 0.638 bits per heavy atom. The van der Waals surface area contributed by atoms with E-state index in [0.717, 1.165) is 20.6 Å². The number of carbonyl (C=O) groups is 5. The maximum absolute atomic E-state index is 12.0.